The van der Waals surface area contributed by atoms with Gasteiger partial charge in [0, 0.05) is 22.3 Å². The molecule has 0 amide bonds. The summed E-state index contributed by atoms with van der Waals surface area (Å²) < 4.78 is 10.9. The molecule has 0 bridgehead atoms. The number of nitrogens with one attached hydrogen (secondary N) is 1. The summed E-state index contributed by atoms with van der Waals surface area (Å²) in [4.78, 5) is 0. The minimum absolute atomic E-state index is 0.681. The summed E-state index contributed by atoms with van der Waals surface area (Å²) in [6.07, 6.45) is 2.71. The van der Waals surface area contributed by atoms with Gasteiger partial charge in [0.25, 0.3) is 0 Å². The summed E-state index contributed by atoms with van der Waals surface area (Å²) in [7, 11) is 3.28. The number of nitrogens with zero attached hydrogens (tertiary/aromatic N) is 1. The molecule has 3 rings (SSSR count). The molecule has 1 heterocycles. The zero-order valence-corrected chi connectivity index (χ0v) is 14.6. The van der Waals surface area contributed by atoms with Gasteiger partial charge >= 0.3 is 0 Å². The van der Waals surface area contributed by atoms with Crippen LogP contribution < -0.4 is 14.9 Å². The Hall–Kier alpha value is -2.46. The quantitative estimate of drug-likeness (QED) is 0.910. The van der Waals surface area contributed by atoms with Gasteiger partial charge in [-0.3, -0.25) is 5.43 Å². The molecular weight excluding hydrogens is 324 g/mol. The van der Waals surface area contributed by atoms with E-state index in [4.69, 9.17) is 21.1 Å². The van der Waals surface area contributed by atoms with E-state index in [1.807, 2.05) is 42.6 Å². The van der Waals surface area contributed by atoms with Gasteiger partial charge in [0.1, 0.15) is 0 Å². The van der Waals surface area contributed by atoms with Crippen molar-refractivity contribution in [3.05, 3.63) is 69.9 Å². The molecule has 1 aliphatic heterocycles. The molecule has 1 N–H and O–H groups in total. The lowest BCUT2D eigenvalue weighted by Gasteiger charge is -2.19. The zero-order chi connectivity index (χ0) is 17.1. The van der Waals surface area contributed by atoms with Gasteiger partial charge in [-0.05, 0) is 43.2 Å². The summed E-state index contributed by atoms with van der Waals surface area (Å²) in [5, 5.41) is 5.25. The highest BCUT2D eigenvalue weighted by Crippen LogP contribution is 2.33. The maximum absolute atomic E-state index is 6.01. The predicted octanol–water partition coefficient (Wildman–Crippen LogP) is 4.16. The molecule has 0 aliphatic carbocycles. The number of methoxy groups -OCH3 is 2. The first kappa shape index (κ1) is 16.4. The van der Waals surface area contributed by atoms with Crippen LogP contribution in [0.15, 0.2) is 53.3 Å². The van der Waals surface area contributed by atoms with Crippen molar-refractivity contribution in [2.45, 2.75) is 13.3 Å². The molecule has 0 unspecified atom stereocenters. The minimum atomic E-state index is 0.681. The lowest BCUT2D eigenvalue weighted by atomic mass is 9.93. The Balaban J connectivity index is 2.20. The van der Waals surface area contributed by atoms with Gasteiger partial charge in [-0.15, -0.1) is 0 Å². The highest BCUT2D eigenvalue weighted by molar-refractivity contribution is 6.30. The Morgan fingerprint density at radius 1 is 1.04 bits per heavy atom. The Labute approximate surface area is 146 Å². The van der Waals surface area contributed by atoms with Gasteiger partial charge in [0.05, 0.1) is 19.9 Å². The fourth-order valence-electron chi connectivity index (χ4n) is 2.73. The molecule has 0 spiro atoms. The average Bonchev–Trinajstić information content (AvgIpc) is 2.58. The van der Waals surface area contributed by atoms with Crippen molar-refractivity contribution in [2.75, 3.05) is 14.2 Å². The number of hydrogen-bond acceptors (Lipinski definition) is 4. The average molecular weight is 343 g/mol. The van der Waals surface area contributed by atoms with E-state index in [1.54, 1.807) is 14.2 Å². The van der Waals surface area contributed by atoms with Gasteiger partial charge in [0.2, 0.25) is 0 Å². The summed E-state index contributed by atoms with van der Waals surface area (Å²) >= 11 is 6.01. The SMILES string of the molecule is COc1cc2c(cc1OC)/C(c1ccc(Cl)cc1)=N\N/C=C(/C)C2. The molecule has 0 aromatic heterocycles. The molecule has 2 aromatic rings. The minimum Gasteiger partial charge on any atom is -0.493 e. The molecule has 1 aliphatic rings. The first-order valence-corrected chi connectivity index (χ1v) is 8.00. The maximum atomic E-state index is 6.01. The van der Waals surface area contributed by atoms with E-state index in [0.29, 0.717) is 16.5 Å². The molecular formula is C19H19ClN2O2. The third-order valence-electron chi connectivity index (χ3n) is 3.94. The maximum Gasteiger partial charge on any atom is 0.161 e. The standard InChI is InChI=1S/C19H19ClN2O2/c1-12-8-14-9-17(23-2)18(24-3)10-16(14)19(22-21-11-12)13-4-6-15(20)7-5-13/h4-7,9-11,21H,8H2,1-3H3/b12-11-,22-19-. The van der Waals surface area contributed by atoms with Crippen molar-refractivity contribution in [3.63, 3.8) is 0 Å². The van der Waals surface area contributed by atoms with Gasteiger partial charge in [-0.1, -0.05) is 29.3 Å². The highest BCUT2D eigenvalue weighted by atomic mass is 35.5. The van der Waals surface area contributed by atoms with Gasteiger partial charge in [-0.25, -0.2) is 0 Å². The van der Waals surface area contributed by atoms with E-state index in [0.717, 1.165) is 28.8 Å². The molecule has 0 fully saturated rings. The number of hydrazone groups is 1. The van der Waals surface area contributed by atoms with Crippen molar-refractivity contribution in [3.8, 4) is 11.5 Å². The van der Waals surface area contributed by atoms with E-state index < -0.39 is 0 Å². The first-order valence-electron chi connectivity index (χ1n) is 7.62. The number of ether oxygens (including phenoxy) is 2. The summed E-state index contributed by atoms with van der Waals surface area (Å²) in [5.74, 6) is 1.40. The molecule has 24 heavy (non-hydrogen) atoms. The van der Waals surface area contributed by atoms with Crippen molar-refractivity contribution in [1.82, 2.24) is 5.43 Å². The molecule has 0 saturated heterocycles. The molecule has 0 radical (unpaired) electrons. The second-order valence-corrected chi connectivity index (χ2v) is 6.06. The Bertz CT molecular complexity index is 811. The highest BCUT2D eigenvalue weighted by Gasteiger charge is 2.18. The fraction of sp³-hybridized carbons (Fsp3) is 0.211. The molecule has 2 aromatic carbocycles. The Kier molecular flexibility index (Phi) is 4.76. The van der Waals surface area contributed by atoms with Gasteiger partial charge in [0.15, 0.2) is 11.5 Å². The first-order chi connectivity index (χ1) is 11.6. The molecule has 0 saturated carbocycles. The van der Waals surface area contributed by atoms with Crippen LogP contribution in [0.4, 0.5) is 0 Å². The van der Waals surface area contributed by atoms with Crippen LogP contribution in [0.5, 0.6) is 11.5 Å². The normalized spacial score (nSPS) is 18.0. The monoisotopic (exact) mass is 342 g/mol. The van der Waals surface area contributed by atoms with Crippen molar-refractivity contribution >= 4 is 17.3 Å². The van der Waals surface area contributed by atoms with Crippen molar-refractivity contribution in [1.29, 1.82) is 0 Å². The Morgan fingerprint density at radius 3 is 2.38 bits per heavy atom. The molecule has 4 nitrogen and oxygen atoms in total. The number of rotatable bonds is 3. The van der Waals surface area contributed by atoms with Crippen molar-refractivity contribution in [2.24, 2.45) is 5.10 Å². The number of hydrogen-bond donors (Lipinski definition) is 1. The Morgan fingerprint density at radius 2 is 1.71 bits per heavy atom. The van der Waals surface area contributed by atoms with Crippen LogP contribution in [0.25, 0.3) is 0 Å². The summed E-state index contributed by atoms with van der Waals surface area (Å²) in [6.45, 7) is 2.07. The zero-order valence-electron chi connectivity index (χ0n) is 13.9. The second kappa shape index (κ2) is 6.97. The van der Waals surface area contributed by atoms with E-state index in [1.165, 1.54) is 5.57 Å². The second-order valence-electron chi connectivity index (χ2n) is 5.63. The van der Waals surface area contributed by atoms with Crippen LogP contribution in [-0.2, 0) is 6.42 Å². The van der Waals surface area contributed by atoms with Crippen LogP contribution in [0.1, 0.15) is 23.6 Å². The van der Waals surface area contributed by atoms with Gasteiger partial charge in [-0.2, -0.15) is 5.10 Å². The van der Waals surface area contributed by atoms with E-state index >= 15 is 0 Å². The summed E-state index contributed by atoms with van der Waals surface area (Å²) in [5.41, 5.74) is 8.17. The smallest absolute Gasteiger partial charge is 0.161 e. The van der Waals surface area contributed by atoms with Crippen LogP contribution in [0, 0.1) is 0 Å². The third-order valence-corrected chi connectivity index (χ3v) is 4.19. The van der Waals surface area contributed by atoms with E-state index in [9.17, 15) is 0 Å². The van der Waals surface area contributed by atoms with Crippen LogP contribution in [0.3, 0.4) is 0 Å². The molecule has 5 heteroatoms. The van der Waals surface area contributed by atoms with Crippen molar-refractivity contribution < 1.29 is 9.47 Å². The molecule has 0 atom stereocenters. The summed E-state index contributed by atoms with van der Waals surface area (Å²) in [6, 6.07) is 11.6. The van der Waals surface area contributed by atoms with Crippen LogP contribution in [-0.4, -0.2) is 19.9 Å². The lowest BCUT2D eigenvalue weighted by molar-refractivity contribution is 0.354. The van der Waals surface area contributed by atoms with Gasteiger partial charge < -0.3 is 9.47 Å². The number of fused-ring (bicyclic) bond motifs is 1. The molecule has 124 valence electrons. The lowest BCUT2D eigenvalue weighted by Crippen LogP contribution is -2.15. The van der Waals surface area contributed by atoms with E-state index in [2.05, 4.69) is 17.5 Å². The fourth-order valence-corrected chi connectivity index (χ4v) is 2.86. The van der Waals surface area contributed by atoms with Crippen LogP contribution in [0.2, 0.25) is 5.02 Å². The number of benzene rings is 2. The third kappa shape index (κ3) is 3.24. The largest absolute Gasteiger partial charge is 0.493 e. The number of halogens is 1. The van der Waals surface area contributed by atoms with E-state index in [-0.39, 0.29) is 0 Å². The van der Waals surface area contributed by atoms with Crippen LogP contribution >= 0.6 is 11.6 Å². The topological polar surface area (TPSA) is 42.9 Å². The number of allylic oxidation sites excluding steroid dienone is 1. The predicted molar refractivity (Wildman–Crippen MR) is 97.2 cm³/mol.